The molecule has 0 aromatic heterocycles. The molecule has 0 radical (unpaired) electrons. The maximum atomic E-state index is 9.33. The van der Waals surface area contributed by atoms with Crippen LogP contribution < -0.4 is 5.32 Å². The average Bonchev–Trinajstić information content (AvgIpc) is 1.83. The topological polar surface area (TPSA) is 35.5 Å². The van der Waals surface area contributed by atoms with Gasteiger partial charge >= 0.3 is 0 Å². The Bertz CT molecular complexity index is 115. The first-order valence-corrected chi connectivity index (χ1v) is 4.33. The van der Waals surface area contributed by atoms with Gasteiger partial charge in [-0.25, -0.2) is 0 Å². The summed E-state index contributed by atoms with van der Waals surface area (Å²) in [5.74, 6) is 0. The van der Waals surface area contributed by atoms with E-state index in [2.05, 4.69) is 17.3 Å². The fraction of sp³-hybridized carbons (Fsp3) is 1.00. The minimum atomic E-state index is -0.152. The number of hydrogen-bond acceptors (Lipinski definition) is 3. The fourth-order valence-electron chi connectivity index (χ4n) is 1.20. The van der Waals surface area contributed by atoms with Crippen molar-refractivity contribution in [3.63, 3.8) is 0 Å². The summed E-state index contributed by atoms with van der Waals surface area (Å²) in [6.07, 6.45) is 0.699. The van der Waals surface area contributed by atoms with Crippen LogP contribution in [0.1, 0.15) is 13.3 Å². The minimum Gasteiger partial charge on any atom is -0.392 e. The van der Waals surface area contributed by atoms with Crippen molar-refractivity contribution in [2.24, 2.45) is 0 Å². The average molecular weight is 158 g/mol. The van der Waals surface area contributed by atoms with Crippen LogP contribution >= 0.6 is 0 Å². The SMILES string of the molecule is CCC(O)CN(C)C1CNC1. The molecule has 0 amide bonds. The Labute approximate surface area is 68.4 Å². The quantitative estimate of drug-likeness (QED) is 0.587. The zero-order valence-electron chi connectivity index (χ0n) is 7.38. The molecule has 0 aromatic carbocycles. The van der Waals surface area contributed by atoms with Gasteiger partial charge in [0.25, 0.3) is 0 Å². The Morgan fingerprint density at radius 1 is 1.64 bits per heavy atom. The van der Waals surface area contributed by atoms with Crippen molar-refractivity contribution in [3.8, 4) is 0 Å². The molecule has 1 atom stereocenters. The monoisotopic (exact) mass is 158 g/mol. The number of rotatable bonds is 4. The van der Waals surface area contributed by atoms with Crippen molar-refractivity contribution in [1.82, 2.24) is 10.2 Å². The third-order valence-electron chi connectivity index (χ3n) is 2.35. The molecule has 1 aliphatic rings. The molecule has 1 heterocycles. The first-order valence-electron chi connectivity index (χ1n) is 4.33. The summed E-state index contributed by atoms with van der Waals surface area (Å²) >= 11 is 0. The Morgan fingerprint density at radius 2 is 2.27 bits per heavy atom. The number of aliphatic hydroxyl groups excluding tert-OH is 1. The van der Waals surface area contributed by atoms with E-state index in [9.17, 15) is 5.11 Å². The molecule has 1 rings (SSSR count). The molecule has 66 valence electrons. The highest BCUT2D eigenvalue weighted by molar-refractivity contribution is 4.83. The van der Waals surface area contributed by atoms with E-state index in [1.54, 1.807) is 0 Å². The van der Waals surface area contributed by atoms with Crippen LogP contribution in [-0.4, -0.2) is 48.8 Å². The van der Waals surface area contributed by atoms with Gasteiger partial charge in [0.2, 0.25) is 0 Å². The van der Waals surface area contributed by atoms with Gasteiger partial charge in [-0.1, -0.05) is 6.92 Å². The highest BCUT2D eigenvalue weighted by Gasteiger charge is 2.22. The van der Waals surface area contributed by atoms with Crippen molar-refractivity contribution < 1.29 is 5.11 Å². The van der Waals surface area contributed by atoms with Gasteiger partial charge in [0.05, 0.1) is 6.10 Å². The molecule has 3 heteroatoms. The summed E-state index contributed by atoms with van der Waals surface area (Å²) in [4.78, 5) is 2.23. The zero-order valence-corrected chi connectivity index (χ0v) is 7.38. The van der Waals surface area contributed by atoms with E-state index in [0.717, 1.165) is 26.1 Å². The van der Waals surface area contributed by atoms with E-state index in [1.807, 2.05) is 6.92 Å². The van der Waals surface area contributed by atoms with Gasteiger partial charge in [0.15, 0.2) is 0 Å². The molecular formula is C8H18N2O. The molecule has 0 bridgehead atoms. The summed E-state index contributed by atoms with van der Waals surface area (Å²) in [5.41, 5.74) is 0. The minimum absolute atomic E-state index is 0.152. The van der Waals surface area contributed by atoms with Crippen LogP contribution in [0.2, 0.25) is 0 Å². The van der Waals surface area contributed by atoms with E-state index in [1.165, 1.54) is 0 Å². The summed E-state index contributed by atoms with van der Waals surface area (Å²) in [7, 11) is 2.07. The van der Waals surface area contributed by atoms with Gasteiger partial charge in [-0.2, -0.15) is 0 Å². The molecule has 0 aromatic rings. The van der Waals surface area contributed by atoms with Gasteiger partial charge < -0.3 is 10.4 Å². The standard InChI is InChI=1S/C8H18N2O/c1-3-8(11)6-10(2)7-4-9-5-7/h7-9,11H,3-6H2,1-2H3. The number of likely N-dealkylation sites (N-methyl/N-ethyl adjacent to an activating group) is 1. The molecule has 0 aliphatic carbocycles. The summed E-state index contributed by atoms with van der Waals surface area (Å²) in [6, 6.07) is 0.649. The maximum Gasteiger partial charge on any atom is 0.0664 e. The highest BCUT2D eigenvalue weighted by Crippen LogP contribution is 2.03. The molecular weight excluding hydrogens is 140 g/mol. The van der Waals surface area contributed by atoms with E-state index in [0.29, 0.717) is 6.04 Å². The largest absolute Gasteiger partial charge is 0.392 e. The van der Waals surface area contributed by atoms with Crippen LogP contribution in [0.5, 0.6) is 0 Å². The summed E-state index contributed by atoms with van der Waals surface area (Å²) in [5, 5.41) is 12.5. The predicted octanol–water partition coefficient (Wildman–Crippen LogP) is -0.339. The van der Waals surface area contributed by atoms with Crippen LogP contribution in [0.4, 0.5) is 0 Å². The first-order chi connectivity index (χ1) is 5.24. The number of hydrogen-bond donors (Lipinski definition) is 2. The number of nitrogens with one attached hydrogen (secondary N) is 1. The third-order valence-corrected chi connectivity index (χ3v) is 2.35. The molecule has 1 aliphatic heterocycles. The Balaban J connectivity index is 2.13. The van der Waals surface area contributed by atoms with Gasteiger partial charge in [-0.05, 0) is 13.5 Å². The van der Waals surface area contributed by atoms with Crippen molar-refractivity contribution in [1.29, 1.82) is 0 Å². The van der Waals surface area contributed by atoms with Gasteiger partial charge in [0, 0.05) is 25.7 Å². The van der Waals surface area contributed by atoms with Crippen LogP contribution in [0.3, 0.4) is 0 Å². The normalized spacial score (nSPS) is 21.8. The second kappa shape index (κ2) is 4.04. The first kappa shape index (κ1) is 8.97. The molecule has 11 heavy (non-hydrogen) atoms. The fourth-order valence-corrected chi connectivity index (χ4v) is 1.20. The Kier molecular flexibility index (Phi) is 3.30. The van der Waals surface area contributed by atoms with Crippen LogP contribution in [0.25, 0.3) is 0 Å². The second-order valence-corrected chi connectivity index (χ2v) is 3.31. The van der Waals surface area contributed by atoms with E-state index in [4.69, 9.17) is 0 Å². The van der Waals surface area contributed by atoms with E-state index >= 15 is 0 Å². The van der Waals surface area contributed by atoms with Crippen molar-refractivity contribution in [3.05, 3.63) is 0 Å². The number of aliphatic hydroxyl groups is 1. The van der Waals surface area contributed by atoms with Gasteiger partial charge in [-0.3, -0.25) is 4.90 Å². The lowest BCUT2D eigenvalue weighted by Crippen LogP contribution is -2.57. The molecule has 2 N–H and O–H groups in total. The Morgan fingerprint density at radius 3 is 2.64 bits per heavy atom. The molecule has 0 spiro atoms. The van der Waals surface area contributed by atoms with E-state index < -0.39 is 0 Å². The Hall–Kier alpha value is -0.120. The lowest BCUT2D eigenvalue weighted by Gasteiger charge is -2.36. The van der Waals surface area contributed by atoms with Crippen molar-refractivity contribution >= 4 is 0 Å². The molecule has 1 saturated heterocycles. The van der Waals surface area contributed by atoms with Gasteiger partial charge in [0.1, 0.15) is 0 Å². The van der Waals surface area contributed by atoms with Gasteiger partial charge in [-0.15, -0.1) is 0 Å². The predicted molar refractivity (Wildman–Crippen MR) is 45.6 cm³/mol. The zero-order chi connectivity index (χ0) is 8.27. The summed E-state index contributed by atoms with van der Waals surface area (Å²) < 4.78 is 0. The molecule has 1 fully saturated rings. The lowest BCUT2D eigenvalue weighted by molar-refractivity contribution is 0.0844. The molecule has 1 unspecified atom stereocenters. The van der Waals surface area contributed by atoms with Crippen LogP contribution in [0.15, 0.2) is 0 Å². The molecule has 3 nitrogen and oxygen atoms in total. The summed E-state index contributed by atoms with van der Waals surface area (Å²) in [6.45, 7) is 4.97. The highest BCUT2D eigenvalue weighted by atomic mass is 16.3. The van der Waals surface area contributed by atoms with Crippen molar-refractivity contribution in [2.45, 2.75) is 25.5 Å². The van der Waals surface area contributed by atoms with Crippen LogP contribution in [0, 0.1) is 0 Å². The lowest BCUT2D eigenvalue weighted by atomic mass is 10.1. The second-order valence-electron chi connectivity index (χ2n) is 3.31. The van der Waals surface area contributed by atoms with Crippen molar-refractivity contribution in [2.75, 3.05) is 26.7 Å². The molecule has 0 saturated carbocycles. The third kappa shape index (κ3) is 2.43. The maximum absolute atomic E-state index is 9.33. The van der Waals surface area contributed by atoms with E-state index in [-0.39, 0.29) is 6.10 Å². The number of nitrogens with zero attached hydrogens (tertiary/aromatic N) is 1. The van der Waals surface area contributed by atoms with Crippen LogP contribution in [-0.2, 0) is 0 Å². The smallest absolute Gasteiger partial charge is 0.0664 e.